The third-order valence-electron chi connectivity index (χ3n) is 8.39. The fraction of sp³-hybridized carbons (Fsp3) is 0.0882. The van der Waals surface area contributed by atoms with Gasteiger partial charge in [-0.05, 0) is 63.2 Å². The number of hydrogen-bond acceptors (Lipinski definition) is 2. The molecular formula is C34H24N2O. The van der Waals surface area contributed by atoms with Crippen LogP contribution in [0.1, 0.15) is 38.2 Å². The number of benzene rings is 5. The predicted octanol–water partition coefficient (Wildman–Crippen LogP) is 7.42. The normalized spacial score (nSPS) is 15.8. The average molecular weight is 477 g/mol. The Hall–Kier alpha value is -4.63. The van der Waals surface area contributed by atoms with E-state index in [2.05, 4.69) is 120 Å². The molecule has 0 unspecified atom stereocenters. The first-order chi connectivity index (χ1) is 18.2. The van der Waals surface area contributed by atoms with Crippen molar-refractivity contribution in [3.63, 3.8) is 0 Å². The Morgan fingerprint density at radius 2 is 1.11 bits per heavy atom. The Labute approximate surface area is 216 Å². The quantitative estimate of drug-likeness (QED) is 0.246. The lowest BCUT2D eigenvalue weighted by molar-refractivity contribution is 0.0816. The van der Waals surface area contributed by atoms with Gasteiger partial charge in [0.2, 0.25) is 0 Å². The van der Waals surface area contributed by atoms with Crippen molar-refractivity contribution in [2.24, 2.45) is 0 Å². The molecular weight excluding hydrogens is 452 g/mol. The van der Waals surface area contributed by atoms with Crippen molar-refractivity contribution in [3.8, 4) is 11.1 Å². The molecule has 5 aromatic rings. The second kappa shape index (κ2) is 7.21. The topological polar surface area (TPSA) is 23.6 Å². The van der Waals surface area contributed by atoms with Crippen molar-refractivity contribution in [2.45, 2.75) is 12.0 Å². The summed E-state index contributed by atoms with van der Waals surface area (Å²) >= 11 is 0. The summed E-state index contributed by atoms with van der Waals surface area (Å²) in [5.41, 5.74) is 12.5. The summed E-state index contributed by atoms with van der Waals surface area (Å²) in [4.78, 5) is 17.0. The Balaban J connectivity index is 1.47. The van der Waals surface area contributed by atoms with Crippen LogP contribution in [-0.2, 0) is 12.0 Å². The monoisotopic (exact) mass is 476 g/mol. The van der Waals surface area contributed by atoms with Crippen LogP contribution in [-0.4, -0.2) is 17.9 Å². The highest BCUT2D eigenvalue weighted by Gasteiger charge is 2.51. The predicted molar refractivity (Wildman–Crippen MR) is 148 cm³/mol. The van der Waals surface area contributed by atoms with E-state index in [1.807, 2.05) is 7.05 Å². The summed E-state index contributed by atoms with van der Waals surface area (Å²) in [5, 5.41) is 0. The first kappa shape index (κ1) is 20.6. The van der Waals surface area contributed by atoms with Crippen LogP contribution in [0.3, 0.4) is 0 Å². The van der Waals surface area contributed by atoms with Crippen LogP contribution in [0.15, 0.2) is 115 Å². The van der Waals surface area contributed by atoms with Crippen LogP contribution >= 0.6 is 0 Å². The van der Waals surface area contributed by atoms with E-state index in [1.54, 1.807) is 4.90 Å². The summed E-state index contributed by atoms with van der Waals surface area (Å²) < 4.78 is 0. The van der Waals surface area contributed by atoms with Gasteiger partial charge in [-0.1, -0.05) is 91.0 Å². The molecule has 0 bridgehead atoms. The molecule has 3 nitrogen and oxygen atoms in total. The van der Waals surface area contributed by atoms with Crippen molar-refractivity contribution in [2.75, 3.05) is 11.9 Å². The molecule has 0 saturated carbocycles. The fourth-order valence-corrected chi connectivity index (χ4v) is 6.91. The maximum Gasteiger partial charge on any atom is 0.254 e. The van der Waals surface area contributed by atoms with Crippen molar-refractivity contribution in [1.82, 2.24) is 4.90 Å². The summed E-state index contributed by atoms with van der Waals surface area (Å²) in [6.45, 7) is 0.665. The summed E-state index contributed by atoms with van der Waals surface area (Å²) in [5.74, 6) is 0.0885. The zero-order valence-electron chi connectivity index (χ0n) is 20.5. The van der Waals surface area contributed by atoms with E-state index in [9.17, 15) is 4.79 Å². The zero-order chi connectivity index (χ0) is 24.7. The molecule has 0 atom stereocenters. The average Bonchev–Trinajstić information content (AvgIpc) is 3.40. The van der Waals surface area contributed by atoms with Gasteiger partial charge in [-0.15, -0.1) is 0 Å². The molecule has 1 spiro atoms. The molecule has 2 aliphatic heterocycles. The number of nitrogens with zero attached hydrogens (tertiary/aromatic N) is 2. The number of fused-ring (bicyclic) bond motifs is 10. The first-order valence-corrected chi connectivity index (χ1v) is 12.8. The van der Waals surface area contributed by atoms with Crippen LogP contribution in [0.5, 0.6) is 0 Å². The van der Waals surface area contributed by atoms with Gasteiger partial charge in [-0.25, -0.2) is 0 Å². The molecule has 2 heterocycles. The van der Waals surface area contributed by atoms with Gasteiger partial charge in [0.25, 0.3) is 5.91 Å². The van der Waals surface area contributed by atoms with Crippen LogP contribution < -0.4 is 4.90 Å². The molecule has 1 aliphatic carbocycles. The van der Waals surface area contributed by atoms with Crippen LogP contribution in [0.2, 0.25) is 0 Å². The van der Waals surface area contributed by atoms with Gasteiger partial charge < -0.3 is 9.80 Å². The number of carbonyl (C=O) groups excluding carboxylic acids is 1. The van der Waals surface area contributed by atoms with Crippen molar-refractivity contribution < 1.29 is 4.79 Å². The molecule has 0 fully saturated rings. The molecule has 8 rings (SSSR count). The van der Waals surface area contributed by atoms with Gasteiger partial charge in [0.15, 0.2) is 0 Å². The van der Waals surface area contributed by atoms with Crippen molar-refractivity contribution in [1.29, 1.82) is 0 Å². The van der Waals surface area contributed by atoms with Gasteiger partial charge >= 0.3 is 0 Å². The SMILES string of the molecule is CN1Cc2ccc(N3c4ccccc4C4(c5ccccc5-c5ccccc54)c4ccccc43)cc2C1=O. The summed E-state index contributed by atoms with van der Waals surface area (Å²) in [6, 6.07) is 41.6. The van der Waals surface area contributed by atoms with E-state index in [0.29, 0.717) is 6.54 Å². The minimum Gasteiger partial charge on any atom is -0.337 e. The van der Waals surface area contributed by atoms with Gasteiger partial charge in [-0.2, -0.15) is 0 Å². The minimum absolute atomic E-state index is 0.0885. The second-order valence-corrected chi connectivity index (χ2v) is 10.2. The maximum absolute atomic E-state index is 12.9. The van der Waals surface area contributed by atoms with E-state index in [-0.39, 0.29) is 5.91 Å². The van der Waals surface area contributed by atoms with E-state index in [0.717, 1.165) is 28.2 Å². The number of amides is 1. The van der Waals surface area contributed by atoms with E-state index in [4.69, 9.17) is 0 Å². The smallest absolute Gasteiger partial charge is 0.254 e. The molecule has 3 aliphatic rings. The first-order valence-electron chi connectivity index (χ1n) is 12.8. The van der Waals surface area contributed by atoms with E-state index in [1.165, 1.54) is 33.4 Å². The lowest BCUT2D eigenvalue weighted by Gasteiger charge is -2.45. The highest BCUT2D eigenvalue weighted by molar-refractivity contribution is 6.01. The maximum atomic E-state index is 12.9. The van der Waals surface area contributed by atoms with Crippen LogP contribution in [0.25, 0.3) is 11.1 Å². The minimum atomic E-state index is -0.413. The fourth-order valence-electron chi connectivity index (χ4n) is 6.91. The van der Waals surface area contributed by atoms with Crippen molar-refractivity contribution >= 4 is 23.0 Å². The second-order valence-electron chi connectivity index (χ2n) is 10.2. The largest absolute Gasteiger partial charge is 0.337 e. The third kappa shape index (κ3) is 2.48. The molecule has 1 amide bonds. The third-order valence-corrected chi connectivity index (χ3v) is 8.39. The molecule has 176 valence electrons. The highest BCUT2D eigenvalue weighted by atomic mass is 16.2. The number of hydrogen-bond donors (Lipinski definition) is 0. The Kier molecular flexibility index (Phi) is 4.00. The number of para-hydroxylation sites is 2. The molecule has 0 saturated heterocycles. The number of anilines is 3. The van der Waals surface area contributed by atoms with Gasteiger partial charge in [0, 0.05) is 24.8 Å². The Bertz CT molecular complexity index is 1670. The molecule has 37 heavy (non-hydrogen) atoms. The van der Waals surface area contributed by atoms with Crippen molar-refractivity contribution in [3.05, 3.63) is 149 Å². The van der Waals surface area contributed by atoms with E-state index < -0.39 is 5.41 Å². The Morgan fingerprint density at radius 1 is 0.595 bits per heavy atom. The van der Waals surface area contributed by atoms with Gasteiger partial charge in [-0.3, -0.25) is 4.79 Å². The van der Waals surface area contributed by atoms with E-state index >= 15 is 0 Å². The van der Waals surface area contributed by atoms with Crippen LogP contribution in [0.4, 0.5) is 17.1 Å². The van der Waals surface area contributed by atoms with Gasteiger partial charge in [0.05, 0.1) is 16.8 Å². The van der Waals surface area contributed by atoms with Gasteiger partial charge in [0.1, 0.15) is 0 Å². The lowest BCUT2D eigenvalue weighted by atomic mass is 9.64. The summed E-state index contributed by atoms with van der Waals surface area (Å²) in [6.07, 6.45) is 0. The lowest BCUT2D eigenvalue weighted by Crippen LogP contribution is -2.36. The Morgan fingerprint density at radius 3 is 1.70 bits per heavy atom. The standard InChI is InChI=1S/C34H24N2O/c1-35-21-22-18-19-23(20-26(22)33(35)37)36-31-16-8-6-14-29(31)34(30-15-7-9-17-32(30)36)27-12-4-2-10-24(27)25-11-3-5-13-28(25)34/h2-20H,21H2,1H3. The molecule has 0 radical (unpaired) electrons. The number of carbonyl (C=O) groups is 1. The summed E-state index contributed by atoms with van der Waals surface area (Å²) in [7, 11) is 1.87. The number of rotatable bonds is 1. The highest BCUT2D eigenvalue weighted by Crippen LogP contribution is 2.63. The van der Waals surface area contributed by atoms with Crippen LogP contribution in [0, 0.1) is 0 Å². The molecule has 0 N–H and O–H groups in total. The molecule has 0 aromatic heterocycles. The molecule has 3 heteroatoms. The zero-order valence-corrected chi connectivity index (χ0v) is 20.5. The molecule has 5 aromatic carbocycles.